The van der Waals surface area contributed by atoms with Gasteiger partial charge in [0, 0.05) is 5.38 Å². The second-order valence-corrected chi connectivity index (χ2v) is 6.23. The van der Waals surface area contributed by atoms with Crippen molar-refractivity contribution in [3.63, 3.8) is 0 Å². The van der Waals surface area contributed by atoms with Crippen LogP contribution in [0.15, 0.2) is 59.3 Å². The fourth-order valence-electron chi connectivity index (χ4n) is 2.29. The van der Waals surface area contributed by atoms with Crippen LogP contribution in [0.3, 0.4) is 0 Å². The summed E-state index contributed by atoms with van der Waals surface area (Å²) in [6.07, 6.45) is 0. The molecule has 0 atom stereocenters. The SMILES string of the molecule is Cc1ccc(NC(=O)c2ccccc2NC(=O)c2ccsc2)c(F)c1. The predicted molar refractivity (Wildman–Crippen MR) is 97.8 cm³/mol. The van der Waals surface area contributed by atoms with E-state index >= 15 is 0 Å². The van der Waals surface area contributed by atoms with E-state index in [1.807, 2.05) is 0 Å². The Morgan fingerprint density at radius 2 is 1.72 bits per heavy atom. The maximum absolute atomic E-state index is 13.9. The van der Waals surface area contributed by atoms with Gasteiger partial charge < -0.3 is 10.6 Å². The number of hydrogen-bond acceptors (Lipinski definition) is 3. The topological polar surface area (TPSA) is 58.2 Å². The molecule has 3 aromatic rings. The van der Waals surface area contributed by atoms with E-state index < -0.39 is 11.7 Å². The van der Waals surface area contributed by atoms with Gasteiger partial charge in [-0.3, -0.25) is 9.59 Å². The number of carbonyl (C=O) groups excluding carboxylic acids is 2. The molecule has 0 radical (unpaired) electrons. The summed E-state index contributed by atoms with van der Waals surface area (Å²) in [4.78, 5) is 24.7. The Kier molecular flexibility index (Phi) is 4.90. The lowest BCUT2D eigenvalue weighted by Gasteiger charge is -2.12. The lowest BCUT2D eigenvalue weighted by molar-refractivity contribution is 0.102. The molecule has 4 nitrogen and oxygen atoms in total. The van der Waals surface area contributed by atoms with E-state index in [0.29, 0.717) is 11.3 Å². The van der Waals surface area contributed by atoms with Gasteiger partial charge in [0.05, 0.1) is 22.5 Å². The third kappa shape index (κ3) is 3.92. The highest BCUT2D eigenvalue weighted by molar-refractivity contribution is 7.08. The average Bonchev–Trinajstić information content (AvgIpc) is 3.12. The van der Waals surface area contributed by atoms with Gasteiger partial charge in [0.25, 0.3) is 11.8 Å². The van der Waals surface area contributed by atoms with Gasteiger partial charge in [-0.1, -0.05) is 18.2 Å². The van der Waals surface area contributed by atoms with Crippen LogP contribution in [0, 0.1) is 12.7 Å². The van der Waals surface area contributed by atoms with Crippen LogP contribution in [0.2, 0.25) is 0 Å². The van der Waals surface area contributed by atoms with Gasteiger partial charge in [-0.05, 0) is 48.2 Å². The van der Waals surface area contributed by atoms with Crippen molar-refractivity contribution >= 4 is 34.5 Å². The molecule has 0 aliphatic carbocycles. The monoisotopic (exact) mass is 354 g/mol. The molecule has 2 N–H and O–H groups in total. The fourth-order valence-corrected chi connectivity index (χ4v) is 2.93. The van der Waals surface area contributed by atoms with E-state index in [4.69, 9.17) is 0 Å². The zero-order chi connectivity index (χ0) is 17.8. The molecular formula is C19H15FN2O2S. The molecule has 0 bridgehead atoms. The highest BCUT2D eigenvalue weighted by Crippen LogP contribution is 2.21. The molecule has 6 heteroatoms. The Labute approximate surface area is 148 Å². The summed E-state index contributed by atoms with van der Waals surface area (Å²) in [5.41, 5.74) is 1.99. The summed E-state index contributed by atoms with van der Waals surface area (Å²) in [6, 6.07) is 12.9. The maximum Gasteiger partial charge on any atom is 0.257 e. The number of aryl methyl sites for hydroxylation is 1. The molecule has 126 valence electrons. The Morgan fingerprint density at radius 1 is 0.960 bits per heavy atom. The number of hydrogen-bond donors (Lipinski definition) is 2. The summed E-state index contributed by atoms with van der Waals surface area (Å²) in [7, 11) is 0. The Bertz CT molecular complexity index is 923. The summed E-state index contributed by atoms with van der Waals surface area (Å²) >= 11 is 1.41. The second kappa shape index (κ2) is 7.27. The van der Waals surface area contributed by atoms with Crippen molar-refractivity contribution in [2.75, 3.05) is 10.6 Å². The van der Waals surface area contributed by atoms with Crippen LogP contribution in [-0.4, -0.2) is 11.8 Å². The smallest absolute Gasteiger partial charge is 0.257 e. The first-order valence-corrected chi connectivity index (χ1v) is 8.49. The van der Waals surface area contributed by atoms with Crippen LogP contribution in [0.4, 0.5) is 15.8 Å². The van der Waals surface area contributed by atoms with Crippen LogP contribution >= 0.6 is 11.3 Å². The van der Waals surface area contributed by atoms with E-state index in [1.165, 1.54) is 23.5 Å². The zero-order valence-electron chi connectivity index (χ0n) is 13.4. The molecule has 0 saturated carbocycles. The summed E-state index contributed by atoms with van der Waals surface area (Å²) in [5.74, 6) is -1.31. The number of para-hydroxylation sites is 1. The molecule has 0 unspecified atom stereocenters. The number of anilines is 2. The standard InChI is InChI=1S/C19H15FN2O2S/c1-12-6-7-17(15(20)10-12)22-19(24)14-4-2-3-5-16(14)21-18(23)13-8-9-25-11-13/h2-11H,1H3,(H,21,23)(H,22,24). The molecule has 25 heavy (non-hydrogen) atoms. The van der Waals surface area contributed by atoms with Crippen molar-refractivity contribution in [3.8, 4) is 0 Å². The van der Waals surface area contributed by atoms with Crippen LogP contribution in [0.25, 0.3) is 0 Å². The van der Waals surface area contributed by atoms with Crippen LogP contribution in [-0.2, 0) is 0 Å². The number of amides is 2. The van der Waals surface area contributed by atoms with Gasteiger partial charge in [0.15, 0.2) is 0 Å². The molecule has 2 amide bonds. The van der Waals surface area contributed by atoms with E-state index in [9.17, 15) is 14.0 Å². The second-order valence-electron chi connectivity index (χ2n) is 5.45. The number of halogens is 1. The first kappa shape index (κ1) is 16.9. The van der Waals surface area contributed by atoms with Gasteiger partial charge in [0.2, 0.25) is 0 Å². The van der Waals surface area contributed by atoms with E-state index in [2.05, 4.69) is 10.6 Å². The normalized spacial score (nSPS) is 10.3. The minimum atomic E-state index is -0.506. The molecule has 3 rings (SSSR count). The minimum Gasteiger partial charge on any atom is -0.321 e. The van der Waals surface area contributed by atoms with Gasteiger partial charge in [-0.25, -0.2) is 4.39 Å². The van der Waals surface area contributed by atoms with E-state index in [-0.39, 0.29) is 17.2 Å². The van der Waals surface area contributed by atoms with Crippen molar-refractivity contribution in [2.24, 2.45) is 0 Å². The Balaban J connectivity index is 1.82. The average molecular weight is 354 g/mol. The Hall–Kier alpha value is -2.99. The molecule has 1 aromatic heterocycles. The molecule has 0 spiro atoms. The molecule has 2 aromatic carbocycles. The minimum absolute atomic E-state index is 0.0922. The third-order valence-corrected chi connectivity index (χ3v) is 4.26. The number of benzene rings is 2. The third-order valence-electron chi connectivity index (χ3n) is 3.58. The van der Waals surface area contributed by atoms with Crippen LogP contribution < -0.4 is 10.6 Å². The maximum atomic E-state index is 13.9. The van der Waals surface area contributed by atoms with Crippen molar-refractivity contribution < 1.29 is 14.0 Å². The molecule has 0 saturated heterocycles. The Morgan fingerprint density at radius 3 is 2.44 bits per heavy atom. The van der Waals surface area contributed by atoms with Gasteiger partial charge in [-0.15, -0.1) is 0 Å². The first-order valence-electron chi connectivity index (χ1n) is 7.54. The summed E-state index contributed by atoms with van der Waals surface area (Å²) in [5, 5.41) is 8.78. The number of carbonyl (C=O) groups is 2. The van der Waals surface area contributed by atoms with Crippen molar-refractivity contribution in [3.05, 3.63) is 81.8 Å². The zero-order valence-corrected chi connectivity index (χ0v) is 14.2. The van der Waals surface area contributed by atoms with Crippen molar-refractivity contribution in [2.45, 2.75) is 6.92 Å². The van der Waals surface area contributed by atoms with E-state index in [1.54, 1.807) is 54.1 Å². The lowest BCUT2D eigenvalue weighted by Crippen LogP contribution is -2.18. The molecular weight excluding hydrogens is 339 g/mol. The highest BCUT2D eigenvalue weighted by atomic mass is 32.1. The highest BCUT2D eigenvalue weighted by Gasteiger charge is 2.15. The molecule has 0 fully saturated rings. The number of thiophene rings is 1. The molecule has 0 aliphatic rings. The largest absolute Gasteiger partial charge is 0.321 e. The van der Waals surface area contributed by atoms with Crippen LogP contribution in [0.5, 0.6) is 0 Å². The number of rotatable bonds is 4. The van der Waals surface area contributed by atoms with E-state index in [0.717, 1.165) is 5.56 Å². The van der Waals surface area contributed by atoms with Crippen LogP contribution in [0.1, 0.15) is 26.3 Å². The van der Waals surface area contributed by atoms with Gasteiger partial charge in [-0.2, -0.15) is 11.3 Å². The predicted octanol–water partition coefficient (Wildman–Crippen LogP) is 4.70. The molecule has 0 aliphatic heterocycles. The summed E-state index contributed by atoms with van der Waals surface area (Å²) < 4.78 is 13.9. The molecule has 1 heterocycles. The van der Waals surface area contributed by atoms with Gasteiger partial charge in [0.1, 0.15) is 5.82 Å². The van der Waals surface area contributed by atoms with Crippen molar-refractivity contribution in [1.29, 1.82) is 0 Å². The lowest BCUT2D eigenvalue weighted by atomic mass is 10.1. The van der Waals surface area contributed by atoms with Crippen molar-refractivity contribution in [1.82, 2.24) is 0 Å². The number of nitrogens with one attached hydrogen (secondary N) is 2. The quantitative estimate of drug-likeness (QED) is 0.713. The van der Waals surface area contributed by atoms with Gasteiger partial charge >= 0.3 is 0 Å². The first-order chi connectivity index (χ1) is 12.0. The summed E-state index contributed by atoms with van der Waals surface area (Å²) in [6.45, 7) is 1.77. The fraction of sp³-hybridized carbons (Fsp3) is 0.0526.